The fourth-order valence-electron chi connectivity index (χ4n) is 8.81. The summed E-state index contributed by atoms with van der Waals surface area (Å²) >= 11 is 1.84. The first kappa shape index (κ1) is 32.8. The van der Waals surface area contributed by atoms with Crippen LogP contribution < -0.4 is 4.90 Å². The molecule has 0 aliphatic rings. The van der Waals surface area contributed by atoms with Gasteiger partial charge in [-0.3, -0.25) is 0 Å². The standard InChI is InChI=1S/C54H33NO2S/c1-4-15-34(16-5-1)37-27-28-43-48(32-37)56-49-33-38(35-17-6-2-7-18-35)31-46(51(43)49)55(45-24-14-23-41-40-21-11-13-26-50(40)58-54(41)45)44-30-29-39(36-19-8-3-9-20-36)53-52(44)42-22-10-12-25-47(42)57-53/h1-33H. The quantitative estimate of drug-likeness (QED) is 0.169. The molecule has 3 aromatic heterocycles. The van der Waals surface area contributed by atoms with Crippen LogP contribution in [0.5, 0.6) is 0 Å². The third-order valence-electron chi connectivity index (χ3n) is 11.5. The normalized spacial score (nSPS) is 11.8. The molecule has 12 aromatic rings. The highest BCUT2D eigenvalue weighted by atomic mass is 32.1. The van der Waals surface area contributed by atoms with Crippen LogP contribution in [-0.4, -0.2) is 0 Å². The molecule has 4 heteroatoms. The largest absolute Gasteiger partial charge is 0.456 e. The van der Waals surface area contributed by atoms with Crippen LogP contribution in [0.1, 0.15) is 0 Å². The number of fused-ring (bicyclic) bond motifs is 9. The Hall–Kier alpha value is -7.40. The Labute approximate surface area is 338 Å². The van der Waals surface area contributed by atoms with Gasteiger partial charge in [0.25, 0.3) is 0 Å². The lowest BCUT2D eigenvalue weighted by Crippen LogP contribution is -2.11. The van der Waals surface area contributed by atoms with Crippen molar-refractivity contribution in [3.05, 3.63) is 200 Å². The fraction of sp³-hybridized carbons (Fsp3) is 0. The van der Waals surface area contributed by atoms with Gasteiger partial charge in [0.2, 0.25) is 0 Å². The number of nitrogens with zero attached hydrogens (tertiary/aromatic N) is 1. The van der Waals surface area contributed by atoms with Crippen molar-refractivity contribution in [2.75, 3.05) is 4.90 Å². The number of thiophene rings is 1. The average Bonchev–Trinajstić information content (AvgIpc) is 3.99. The molecule has 0 saturated heterocycles. The number of hydrogen-bond acceptors (Lipinski definition) is 4. The van der Waals surface area contributed by atoms with Gasteiger partial charge in [0.15, 0.2) is 0 Å². The third-order valence-corrected chi connectivity index (χ3v) is 12.7. The molecule has 0 atom stereocenters. The zero-order chi connectivity index (χ0) is 38.2. The van der Waals surface area contributed by atoms with Crippen LogP contribution in [0.2, 0.25) is 0 Å². The molecule has 58 heavy (non-hydrogen) atoms. The van der Waals surface area contributed by atoms with Crippen molar-refractivity contribution in [2.45, 2.75) is 0 Å². The average molecular weight is 760 g/mol. The molecule has 0 unspecified atom stereocenters. The van der Waals surface area contributed by atoms with E-state index in [4.69, 9.17) is 8.83 Å². The smallest absolute Gasteiger partial charge is 0.145 e. The van der Waals surface area contributed by atoms with Gasteiger partial charge in [-0.2, -0.15) is 0 Å². The monoisotopic (exact) mass is 759 g/mol. The first-order chi connectivity index (χ1) is 28.8. The number of rotatable bonds is 6. The summed E-state index contributed by atoms with van der Waals surface area (Å²) in [5, 5.41) is 6.74. The Bertz CT molecular complexity index is 3510. The highest BCUT2D eigenvalue weighted by Crippen LogP contribution is 2.52. The van der Waals surface area contributed by atoms with Crippen molar-refractivity contribution in [1.82, 2.24) is 0 Å². The van der Waals surface area contributed by atoms with Crippen LogP contribution in [0, 0.1) is 0 Å². The van der Waals surface area contributed by atoms with E-state index in [0.717, 1.165) is 94.3 Å². The van der Waals surface area contributed by atoms with Gasteiger partial charge in [0, 0.05) is 31.8 Å². The number of anilines is 3. The third kappa shape index (κ3) is 5.12. The molecular weight excluding hydrogens is 727 g/mol. The van der Waals surface area contributed by atoms with E-state index in [1.165, 1.54) is 20.2 Å². The van der Waals surface area contributed by atoms with Crippen LogP contribution in [0.3, 0.4) is 0 Å². The highest BCUT2D eigenvalue weighted by molar-refractivity contribution is 7.26. The van der Waals surface area contributed by atoms with Crippen molar-refractivity contribution in [2.24, 2.45) is 0 Å². The lowest BCUT2D eigenvalue weighted by molar-refractivity contribution is 0.669. The summed E-state index contributed by atoms with van der Waals surface area (Å²) in [7, 11) is 0. The van der Waals surface area contributed by atoms with Crippen LogP contribution in [0.25, 0.3) is 97.4 Å². The lowest BCUT2D eigenvalue weighted by Gasteiger charge is -2.28. The van der Waals surface area contributed by atoms with E-state index < -0.39 is 0 Å². The molecule has 0 N–H and O–H groups in total. The van der Waals surface area contributed by atoms with Gasteiger partial charge >= 0.3 is 0 Å². The second kappa shape index (κ2) is 13.1. The summed E-state index contributed by atoms with van der Waals surface area (Å²) in [6.45, 7) is 0. The molecule has 0 amide bonds. The van der Waals surface area contributed by atoms with Gasteiger partial charge < -0.3 is 13.7 Å². The Morgan fingerprint density at radius 3 is 1.78 bits per heavy atom. The lowest BCUT2D eigenvalue weighted by atomic mass is 9.97. The van der Waals surface area contributed by atoms with E-state index in [-0.39, 0.29) is 0 Å². The Balaban J connectivity index is 1.24. The van der Waals surface area contributed by atoms with E-state index in [1.54, 1.807) is 0 Å². The van der Waals surface area contributed by atoms with Gasteiger partial charge in [-0.05, 0) is 82.4 Å². The van der Waals surface area contributed by atoms with Crippen molar-refractivity contribution in [1.29, 1.82) is 0 Å². The second-order valence-corrected chi connectivity index (χ2v) is 15.9. The predicted molar refractivity (Wildman–Crippen MR) is 245 cm³/mol. The minimum atomic E-state index is 0.833. The summed E-state index contributed by atoms with van der Waals surface area (Å²) in [4.78, 5) is 2.48. The molecule has 0 aliphatic heterocycles. The van der Waals surface area contributed by atoms with E-state index in [1.807, 2.05) is 11.3 Å². The van der Waals surface area contributed by atoms with Crippen LogP contribution in [-0.2, 0) is 0 Å². The Morgan fingerprint density at radius 1 is 0.345 bits per heavy atom. The fourth-order valence-corrected chi connectivity index (χ4v) is 10.0. The molecule has 0 aliphatic carbocycles. The maximum atomic E-state index is 6.95. The zero-order valence-electron chi connectivity index (χ0n) is 31.2. The second-order valence-electron chi connectivity index (χ2n) is 14.8. The van der Waals surface area contributed by atoms with Gasteiger partial charge in [-0.15, -0.1) is 11.3 Å². The van der Waals surface area contributed by atoms with Gasteiger partial charge in [-0.1, -0.05) is 146 Å². The SMILES string of the molecule is c1ccc(-c2ccc3c(c2)oc2cc(-c4ccccc4)cc(N(c4cccc5c4sc4ccccc45)c4ccc(-c5ccccc5)c5oc6ccccc6c45)c23)cc1. The maximum absolute atomic E-state index is 6.95. The number of benzene rings is 9. The minimum Gasteiger partial charge on any atom is -0.456 e. The molecule has 272 valence electrons. The first-order valence-electron chi connectivity index (χ1n) is 19.6. The summed E-state index contributed by atoms with van der Waals surface area (Å²) in [5.41, 5.74) is 13.2. The first-order valence-corrected chi connectivity index (χ1v) is 20.4. The minimum absolute atomic E-state index is 0.833. The molecular formula is C54H33NO2S. The van der Waals surface area contributed by atoms with Gasteiger partial charge in [-0.25, -0.2) is 0 Å². The molecule has 0 radical (unpaired) electrons. The van der Waals surface area contributed by atoms with Gasteiger partial charge in [0.05, 0.1) is 32.5 Å². The van der Waals surface area contributed by atoms with Crippen molar-refractivity contribution >= 4 is 92.4 Å². The summed E-state index contributed by atoms with van der Waals surface area (Å²) in [6.07, 6.45) is 0. The topological polar surface area (TPSA) is 29.5 Å². The number of para-hydroxylation sites is 1. The highest BCUT2D eigenvalue weighted by Gasteiger charge is 2.27. The van der Waals surface area contributed by atoms with Gasteiger partial charge in [0.1, 0.15) is 22.3 Å². The van der Waals surface area contributed by atoms with Crippen LogP contribution >= 0.6 is 11.3 Å². The Kier molecular flexibility index (Phi) is 7.40. The van der Waals surface area contributed by atoms with E-state index in [0.29, 0.717) is 0 Å². The zero-order valence-corrected chi connectivity index (χ0v) is 32.0. The van der Waals surface area contributed by atoms with Crippen molar-refractivity contribution < 1.29 is 8.83 Å². The molecule has 0 bridgehead atoms. The molecule has 0 fully saturated rings. The number of furan rings is 2. The summed E-state index contributed by atoms with van der Waals surface area (Å²) in [5.74, 6) is 0. The maximum Gasteiger partial charge on any atom is 0.145 e. The molecule has 3 heterocycles. The van der Waals surface area contributed by atoms with Crippen molar-refractivity contribution in [3.63, 3.8) is 0 Å². The van der Waals surface area contributed by atoms with Crippen LogP contribution in [0.4, 0.5) is 17.1 Å². The van der Waals surface area contributed by atoms with E-state index in [9.17, 15) is 0 Å². The molecule has 3 nitrogen and oxygen atoms in total. The molecule has 9 aromatic carbocycles. The summed E-state index contributed by atoms with van der Waals surface area (Å²) in [6, 6.07) is 71.3. The van der Waals surface area contributed by atoms with Crippen molar-refractivity contribution in [3.8, 4) is 33.4 Å². The molecule has 12 rings (SSSR count). The molecule has 0 saturated carbocycles. The Morgan fingerprint density at radius 2 is 0.983 bits per heavy atom. The molecule has 0 spiro atoms. The number of hydrogen-bond donors (Lipinski definition) is 0. The predicted octanol–water partition coefficient (Wildman–Crippen LogP) is 16.3. The van der Waals surface area contributed by atoms with E-state index in [2.05, 4.69) is 205 Å². The summed E-state index contributed by atoms with van der Waals surface area (Å²) < 4.78 is 16.3. The van der Waals surface area contributed by atoms with E-state index >= 15 is 0 Å². The van der Waals surface area contributed by atoms with Crippen LogP contribution in [0.15, 0.2) is 209 Å².